The number of amides is 1. The number of fused-ring (bicyclic) bond motifs is 1. The number of rotatable bonds is 6. The number of carbonyl (C=O) groups is 1. The topological polar surface area (TPSA) is 71.7 Å². The van der Waals surface area contributed by atoms with Crippen molar-refractivity contribution in [3.05, 3.63) is 65.4 Å². The highest BCUT2D eigenvalue weighted by molar-refractivity contribution is 6.07. The Morgan fingerprint density at radius 1 is 1.24 bits per heavy atom. The van der Waals surface area contributed by atoms with Gasteiger partial charge in [0.2, 0.25) is 0 Å². The molecule has 1 unspecified atom stereocenters. The van der Waals surface area contributed by atoms with Gasteiger partial charge in [-0.3, -0.25) is 4.79 Å². The fraction of sp³-hybridized carbons (Fsp3) is 0.250. The van der Waals surface area contributed by atoms with Crippen molar-refractivity contribution in [1.82, 2.24) is 5.32 Å². The van der Waals surface area contributed by atoms with E-state index < -0.39 is 0 Å². The quantitative estimate of drug-likeness (QED) is 0.720. The summed E-state index contributed by atoms with van der Waals surface area (Å²) in [4.78, 5) is 12.9. The molecule has 0 bridgehead atoms. The normalized spacial score (nSPS) is 12.1. The lowest BCUT2D eigenvalue weighted by atomic mass is 10.0. The molecular weight excluding hydrogens is 318 g/mol. The zero-order valence-electron chi connectivity index (χ0n) is 14.3. The summed E-state index contributed by atoms with van der Waals surface area (Å²) < 4.78 is 10.9. The lowest BCUT2D eigenvalue weighted by Gasteiger charge is -2.18. The number of aliphatic hydroxyl groups is 1. The molecule has 5 heteroatoms. The molecule has 3 rings (SSSR count). The lowest BCUT2D eigenvalue weighted by molar-refractivity contribution is 0.0930. The highest BCUT2D eigenvalue weighted by Gasteiger charge is 2.22. The molecule has 0 saturated carbocycles. The van der Waals surface area contributed by atoms with Crippen LogP contribution >= 0.6 is 0 Å². The van der Waals surface area contributed by atoms with E-state index in [1.54, 1.807) is 32.2 Å². The third-order valence-electron chi connectivity index (χ3n) is 4.22. The Morgan fingerprint density at radius 2 is 2.00 bits per heavy atom. The van der Waals surface area contributed by atoms with E-state index in [1.165, 1.54) is 0 Å². The van der Waals surface area contributed by atoms with Gasteiger partial charge in [0.05, 0.1) is 18.7 Å². The number of carbonyl (C=O) groups excluding carboxylic acids is 1. The fourth-order valence-electron chi connectivity index (χ4n) is 2.98. The molecule has 0 saturated heterocycles. The minimum Gasteiger partial charge on any atom is -0.497 e. The summed E-state index contributed by atoms with van der Waals surface area (Å²) in [5.41, 5.74) is 2.09. The van der Waals surface area contributed by atoms with Crippen molar-refractivity contribution in [3.8, 4) is 5.75 Å². The molecule has 2 aromatic carbocycles. The van der Waals surface area contributed by atoms with Crippen molar-refractivity contribution in [3.63, 3.8) is 0 Å². The molecule has 1 atom stereocenters. The zero-order chi connectivity index (χ0) is 17.8. The maximum absolute atomic E-state index is 12.9. The molecule has 1 aromatic heterocycles. The number of ether oxygens (including phenoxy) is 1. The molecule has 0 aliphatic heterocycles. The second kappa shape index (κ2) is 7.40. The van der Waals surface area contributed by atoms with Gasteiger partial charge < -0.3 is 19.6 Å². The van der Waals surface area contributed by atoms with Gasteiger partial charge in [-0.25, -0.2) is 0 Å². The average Bonchev–Trinajstić information content (AvgIpc) is 2.96. The maximum Gasteiger partial charge on any atom is 0.255 e. The van der Waals surface area contributed by atoms with E-state index in [9.17, 15) is 9.90 Å². The molecule has 0 fully saturated rings. The molecule has 5 nitrogen and oxygen atoms in total. The molecule has 0 radical (unpaired) electrons. The third kappa shape index (κ3) is 3.51. The van der Waals surface area contributed by atoms with Gasteiger partial charge in [0.25, 0.3) is 5.91 Å². The Morgan fingerprint density at radius 3 is 2.68 bits per heavy atom. The minimum absolute atomic E-state index is 0.0151. The first-order chi connectivity index (χ1) is 12.1. The van der Waals surface area contributed by atoms with Crippen LogP contribution in [-0.2, 0) is 0 Å². The van der Waals surface area contributed by atoms with E-state index in [1.807, 2.05) is 30.3 Å². The SMILES string of the molecule is COc1ccc2oc(C)c(C(=O)NC(CCO)c3ccccc3)c2c1. The van der Waals surface area contributed by atoms with Gasteiger partial charge >= 0.3 is 0 Å². The summed E-state index contributed by atoms with van der Waals surface area (Å²) in [5, 5.41) is 13.1. The standard InChI is InChI=1S/C20H21NO4/c1-13-19(16-12-15(24-2)8-9-18(16)25-13)20(23)21-17(10-11-22)14-6-4-3-5-7-14/h3-9,12,17,22H,10-11H2,1-2H3,(H,21,23). The van der Waals surface area contributed by atoms with Gasteiger partial charge in [-0.05, 0) is 37.1 Å². The van der Waals surface area contributed by atoms with Crippen molar-refractivity contribution in [2.75, 3.05) is 13.7 Å². The first-order valence-corrected chi connectivity index (χ1v) is 8.18. The van der Waals surface area contributed by atoms with Gasteiger partial charge in [0.15, 0.2) is 0 Å². The van der Waals surface area contributed by atoms with Crippen molar-refractivity contribution >= 4 is 16.9 Å². The Hall–Kier alpha value is -2.79. The van der Waals surface area contributed by atoms with Crippen LogP contribution in [0.3, 0.4) is 0 Å². The van der Waals surface area contributed by atoms with Crippen LogP contribution < -0.4 is 10.1 Å². The summed E-state index contributed by atoms with van der Waals surface area (Å²) >= 11 is 0. The van der Waals surface area contributed by atoms with E-state index in [4.69, 9.17) is 9.15 Å². The summed E-state index contributed by atoms with van der Waals surface area (Å²) in [6.45, 7) is 1.75. The number of aryl methyl sites for hydroxylation is 1. The van der Waals surface area contributed by atoms with Gasteiger partial charge in [-0.2, -0.15) is 0 Å². The number of hydrogen-bond acceptors (Lipinski definition) is 4. The lowest BCUT2D eigenvalue weighted by Crippen LogP contribution is -2.29. The molecule has 1 heterocycles. The van der Waals surface area contributed by atoms with Gasteiger partial charge in [0, 0.05) is 12.0 Å². The van der Waals surface area contributed by atoms with E-state index in [0.29, 0.717) is 34.5 Å². The molecule has 130 valence electrons. The fourth-order valence-corrected chi connectivity index (χ4v) is 2.98. The smallest absolute Gasteiger partial charge is 0.255 e. The Bertz CT molecular complexity index is 870. The number of nitrogens with one attached hydrogen (secondary N) is 1. The second-order valence-electron chi connectivity index (χ2n) is 5.84. The van der Waals surface area contributed by atoms with Crippen LogP contribution in [-0.4, -0.2) is 24.7 Å². The predicted octanol–water partition coefficient (Wildman–Crippen LogP) is 3.60. The number of furan rings is 1. The molecule has 25 heavy (non-hydrogen) atoms. The first kappa shape index (κ1) is 17.0. The molecule has 0 aliphatic carbocycles. The number of aliphatic hydroxyl groups excluding tert-OH is 1. The van der Waals surface area contributed by atoms with Crippen LogP contribution in [0.25, 0.3) is 11.0 Å². The van der Waals surface area contributed by atoms with E-state index in [-0.39, 0.29) is 18.6 Å². The molecule has 0 spiro atoms. The van der Waals surface area contributed by atoms with Crippen LogP contribution in [0.1, 0.15) is 34.1 Å². The average molecular weight is 339 g/mol. The van der Waals surface area contributed by atoms with Crippen LogP contribution in [0, 0.1) is 6.92 Å². The van der Waals surface area contributed by atoms with Gasteiger partial charge in [-0.1, -0.05) is 30.3 Å². The highest BCUT2D eigenvalue weighted by Crippen LogP contribution is 2.29. The van der Waals surface area contributed by atoms with Crippen LogP contribution in [0.2, 0.25) is 0 Å². The number of benzene rings is 2. The van der Waals surface area contributed by atoms with Crippen molar-refractivity contribution < 1.29 is 19.1 Å². The molecule has 2 N–H and O–H groups in total. The number of hydrogen-bond donors (Lipinski definition) is 2. The maximum atomic E-state index is 12.9. The van der Waals surface area contributed by atoms with Crippen LogP contribution in [0.4, 0.5) is 0 Å². The highest BCUT2D eigenvalue weighted by atomic mass is 16.5. The molecular formula is C20H21NO4. The largest absolute Gasteiger partial charge is 0.497 e. The van der Waals surface area contributed by atoms with Crippen molar-refractivity contribution in [2.24, 2.45) is 0 Å². The van der Waals surface area contributed by atoms with Crippen LogP contribution in [0.5, 0.6) is 5.75 Å². The zero-order valence-corrected chi connectivity index (χ0v) is 14.3. The Kier molecular flexibility index (Phi) is 5.05. The Balaban J connectivity index is 1.94. The molecule has 3 aromatic rings. The van der Waals surface area contributed by atoms with Crippen LogP contribution in [0.15, 0.2) is 52.9 Å². The second-order valence-corrected chi connectivity index (χ2v) is 5.84. The van der Waals surface area contributed by atoms with E-state index >= 15 is 0 Å². The van der Waals surface area contributed by atoms with Gasteiger partial charge in [-0.15, -0.1) is 0 Å². The van der Waals surface area contributed by atoms with E-state index in [2.05, 4.69) is 5.32 Å². The minimum atomic E-state index is -0.270. The predicted molar refractivity (Wildman–Crippen MR) is 95.9 cm³/mol. The summed E-state index contributed by atoms with van der Waals surface area (Å²) in [6, 6.07) is 14.7. The van der Waals surface area contributed by atoms with Gasteiger partial charge in [0.1, 0.15) is 17.1 Å². The molecule has 0 aliphatic rings. The number of methoxy groups -OCH3 is 1. The first-order valence-electron chi connectivity index (χ1n) is 8.18. The summed E-state index contributed by atoms with van der Waals surface area (Å²) in [5.74, 6) is 0.987. The van der Waals surface area contributed by atoms with Crippen molar-refractivity contribution in [2.45, 2.75) is 19.4 Å². The molecule has 1 amide bonds. The van der Waals surface area contributed by atoms with Crippen molar-refractivity contribution in [1.29, 1.82) is 0 Å². The third-order valence-corrected chi connectivity index (χ3v) is 4.22. The summed E-state index contributed by atoms with van der Waals surface area (Å²) in [7, 11) is 1.58. The monoisotopic (exact) mass is 339 g/mol. The van der Waals surface area contributed by atoms with E-state index in [0.717, 1.165) is 5.56 Å². The summed E-state index contributed by atoms with van der Waals surface area (Å²) in [6.07, 6.45) is 0.438. The Labute approximate surface area is 146 Å².